The second-order valence-electron chi connectivity index (χ2n) is 3.65. The molecule has 12 heavy (non-hydrogen) atoms. The summed E-state index contributed by atoms with van der Waals surface area (Å²) in [7, 11) is 0. The maximum absolute atomic E-state index is 2.47. The first-order valence-corrected chi connectivity index (χ1v) is 5.51. The van der Waals surface area contributed by atoms with Gasteiger partial charge in [-0.15, -0.1) is 0 Å². The summed E-state index contributed by atoms with van der Waals surface area (Å²) in [6.45, 7) is 5.76. The first-order chi connectivity index (χ1) is 5.79. The maximum Gasteiger partial charge on any atom is 0.0752 e. The molecule has 0 saturated heterocycles. The molecule has 0 radical (unpaired) electrons. The Bertz CT molecular complexity index is 240. The number of allylic oxidation sites excluding steroid dienone is 2. The van der Waals surface area contributed by atoms with Gasteiger partial charge in [-0.05, 0) is 24.2 Å². The van der Waals surface area contributed by atoms with Crippen molar-refractivity contribution in [3.8, 4) is 0 Å². The molecule has 2 aliphatic rings. The van der Waals surface area contributed by atoms with Crippen molar-refractivity contribution in [1.82, 2.24) is 4.90 Å². The number of thioether (sulfide) groups is 1. The lowest BCUT2D eigenvalue weighted by molar-refractivity contribution is 0.389. The molecule has 2 heteroatoms. The molecule has 1 nitrogen and oxygen atoms in total. The van der Waals surface area contributed by atoms with Crippen LogP contribution >= 0.6 is 11.8 Å². The van der Waals surface area contributed by atoms with Gasteiger partial charge in [0.15, 0.2) is 0 Å². The standard InChI is InChI=1S/C10H15NS/c1-8(2)9-7-12-10-5-3-4-6-11(9)10/h5,7-8H,3-4,6H2,1-2H3. The second kappa shape index (κ2) is 3.17. The number of nitrogens with zero attached hydrogens (tertiary/aromatic N) is 1. The summed E-state index contributed by atoms with van der Waals surface area (Å²) in [4.78, 5) is 2.47. The zero-order valence-corrected chi connectivity index (χ0v) is 8.53. The third-order valence-corrected chi connectivity index (χ3v) is 3.36. The Morgan fingerprint density at radius 2 is 2.33 bits per heavy atom. The van der Waals surface area contributed by atoms with E-state index in [-0.39, 0.29) is 0 Å². The molecule has 0 fully saturated rings. The average Bonchev–Trinajstić information content (AvgIpc) is 2.47. The molecule has 0 amide bonds. The molecule has 2 heterocycles. The zero-order valence-electron chi connectivity index (χ0n) is 7.71. The minimum atomic E-state index is 0.668. The van der Waals surface area contributed by atoms with Crippen molar-refractivity contribution >= 4 is 11.8 Å². The SMILES string of the molecule is CC(C)C1=CSC2=CCCCN21. The van der Waals surface area contributed by atoms with E-state index in [0.717, 1.165) is 0 Å². The smallest absolute Gasteiger partial charge is 0.0752 e. The van der Waals surface area contributed by atoms with Crippen molar-refractivity contribution < 1.29 is 0 Å². The quantitative estimate of drug-likeness (QED) is 0.611. The molecular formula is C10H15NS. The molecule has 0 aliphatic carbocycles. The molecule has 2 aliphatic heterocycles. The van der Waals surface area contributed by atoms with Crippen LogP contribution in [-0.4, -0.2) is 11.4 Å². The lowest BCUT2D eigenvalue weighted by Crippen LogP contribution is -2.24. The van der Waals surface area contributed by atoms with Gasteiger partial charge in [0.05, 0.1) is 5.03 Å². The van der Waals surface area contributed by atoms with Crippen LogP contribution < -0.4 is 0 Å². The van der Waals surface area contributed by atoms with Gasteiger partial charge >= 0.3 is 0 Å². The van der Waals surface area contributed by atoms with E-state index in [4.69, 9.17) is 0 Å². The van der Waals surface area contributed by atoms with E-state index in [9.17, 15) is 0 Å². The Morgan fingerprint density at radius 3 is 3.08 bits per heavy atom. The number of hydrogen-bond donors (Lipinski definition) is 0. The van der Waals surface area contributed by atoms with Crippen molar-refractivity contribution in [3.05, 3.63) is 22.2 Å². The van der Waals surface area contributed by atoms with Crippen LogP contribution in [-0.2, 0) is 0 Å². The van der Waals surface area contributed by atoms with Crippen molar-refractivity contribution in [2.75, 3.05) is 6.54 Å². The summed E-state index contributed by atoms with van der Waals surface area (Å²) >= 11 is 1.89. The molecule has 0 atom stereocenters. The van der Waals surface area contributed by atoms with E-state index in [1.165, 1.54) is 30.1 Å². The molecule has 0 aromatic rings. The summed E-state index contributed by atoms with van der Waals surface area (Å²) in [5.74, 6) is 0.668. The lowest BCUT2D eigenvalue weighted by atomic mass is 10.1. The maximum atomic E-state index is 2.47. The second-order valence-corrected chi connectivity index (χ2v) is 4.54. The van der Waals surface area contributed by atoms with E-state index in [2.05, 4.69) is 30.2 Å². The van der Waals surface area contributed by atoms with Crippen LogP contribution in [0.3, 0.4) is 0 Å². The predicted octanol–water partition coefficient (Wildman–Crippen LogP) is 3.17. The Morgan fingerprint density at radius 1 is 1.50 bits per heavy atom. The minimum Gasteiger partial charge on any atom is -0.339 e. The van der Waals surface area contributed by atoms with E-state index >= 15 is 0 Å². The molecule has 0 bridgehead atoms. The van der Waals surface area contributed by atoms with Crippen LogP contribution in [0.15, 0.2) is 22.2 Å². The predicted molar refractivity (Wildman–Crippen MR) is 54.5 cm³/mol. The number of hydrogen-bond acceptors (Lipinski definition) is 2. The Hall–Kier alpha value is -0.370. The summed E-state index contributed by atoms with van der Waals surface area (Å²) in [6, 6.07) is 0. The molecule has 2 rings (SSSR count). The van der Waals surface area contributed by atoms with Gasteiger partial charge in [-0.1, -0.05) is 31.7 Å². The summed E-state index contributed by atoms with van der Waals surface area (Å²) < 4.78 is 0. The van der Waals surface area contributed by atoms with Crippen LogP contribution in [0.5, 0.6) is 0 Å². The lowest BCUT2D eigenvalue weighted by Gasteiger charge is -2.28. The van der Waals surface area contributed by atoms with Crippen LogP contribution in [0.4, 0.5) is 0 Å². The molecule has 0 aromatic carbocycles. The fraction of sp³-hybridized carbons (Fsp3) is 0.600. The average molecular weight is 181 g/mol. The largest absolute Gasteiger partial charge is 0.339 e. The third-order valence-electron chi connectivity index (χ3n) is 2.37. The van der Waals surface area contributed by atoms with Gasteiger partial charge in [-0.2, -0.15) is 0 Å². The molecule has 66 valence electrons. The minimum absolute atomic E-state index is 0.668. The molecule has 0 spiro atoms. The van der Waals surface area contributed by atoms with Gasteiger partial charge in [0.2, 0.25) is 0 Å². The first-order valence-electron chi connectivity index (χ1n) is 4.63. The number of fused-ring (bicyclic) bond motifs is 1. The molecule has 0 aromatic heterocycles. The summed E-state index contributed by atoms with van der Waals surface area (Å²) in [5, 5.41) is 3.77. The molecule has 0 N–H and O–H groups in total. The normalized spacial score (nSPS) is 22.4. The van der Waals surface area contributed by atoms with E-state index in [1.807, 2.05) is 11.8 Å². The van der Waals surface area contributed by atoms with Crippen LogP contribution in [0.2, 0.25) is 0 Å². The number of rotatable bonds is 1. The van der Waals surface area contributed by atoms with Gasteiger partial charge in [0, 0.05) is 12.2 Å². The Balaban J connectivity index is 2.19. The van der Waals surface area contributed by atoms with Gasteiger partial charge in [-0.25, -0.2) is 0 Å². The zero-order chi connectivity index (χ0) is 8.55. The summed E-state index contributed by atoms with van der Waals surface area (Å²) in [5.41, 5.74) is 1.51. The fourth-order valence-electron chi connectivity index (χ4n) is 1.70. The fourth-order valence-corrected chi connectivity index (χ4v) is 2.87. The Kier molecular flexibility index (Phi) is 2.18. The molecular weight excluding hydrogens is 166 g/mol. The van der Waals surface area contributed by atoms with Crippen molar-refractivity contribution in [2.45, 2.75) is 26.7 Å². The molecule has 0 saturated carbocycles. The van der Waals surface area contributed by atoms with Crippen LogP contribution in [0.25, 0.3) is 0 Å². The van der Waals surface area contributed by atoms with E-state index in [1.54, 1.807) is 0 Å². The third kappa shape index (κ3) is 1.28. The highest BCUT2D eigenvalue weighted by atomic mass is 32.2. The van der Waals surface area contributed by atoms with Gasteiger partial charge in [-0.3, -0.25) is 0 Å². The first kappa shape index (κ1) is 8.24. The van der Waals surface area contributed by atoms with E-state index < -0.39 is 0 Å². The van der Waals surface area contributed by atoms with Crippen molar-refractivity contribution in [1.29, 1.82) is 0 Å². The van der Waals surface area contributed by atoms with Crippen LogP contribution in [0, 0.1) is 5.92 Å². The molecule has 0 unspecified atom stereocenters. The van der Waals surface area contributed by atoms with Gasteiger partial charge < -0.3 is 4.90 Å². The monoisotopic (exact) mass is 181 g/mol. The topological polar surface area (TPSA) is 3.24 Å². The van der Waals surface area contributed by atoms with Crippen molar-refractivity contribution in [3.63, 3.8) is 0 Å². The highest BCUT2D eigenvalue weighted by Crippen LogP contribution is 2.39. The van der Waals surface area contributed by atoms with Gasteiger partial charge in [0.25, 0.3) is 0 Å². The van der Waals surface area contributed by atoms with Crippen molar-refractivity contribution in [2.24, 2.45) is 5.92 Å². The highest BCUT2D eigenvalue weighted by Gasteiger charge is 2.24. The summed E-state index contributed by atoms with van der Waals surface area (Å²) in [6.07, 6.45) is 4.94. The highest BCUT2D eigenvalue weighted by molar-refractivity contribution is 8.06. The Labute approximate surface area is 78.5 Å². The van der Waals surface area contributed by atoms with E-state index in [0.29, 0.717) is 5.92 Å². The van der Waals surface area contributed by atoms with Gasteiger partial charge in [0.1, 0.15) is 0 Å². The van der Waals surface area contributed by atoms with Crippen LogP contribution in [0.1, 0.15) is 26.7 Å².